The van der Waals surface area contributed by atoms with Crippen LogP contribution >= 0.6 is 11.6 Å². The molecule has 18 heavy (non-hydrogen) atoms. The van der Waals surface area contributed by atoms with E-state index in [1.807, 2.05) is 24.3 Å². The summed E-state index contributed by atoms with van der Waals surface area (Å²) < 4.78 is 6.91. The highest BCUT2D eigenvalue weighted by atomic mass is 35.5. The van der Waals surface area contributed by atoms with Crippen molar-refractivity contribution in [3.05, 3.63) is 35.4 Å². The van der Waals surface area contributed by atoms with Crippen LogP contribution in [0.4, 0.5) is 0 Å². The highest BCUT2D eigenvalue weighted by Gasteiger charge is 2.11. The molecule has 4 nitrogen and oxygen atoms in total. The van der Waals surface area contributed by atoms with Gasteiger partial charge >= 0.3 is 0 Å². The van der Waals surface area contributed by atoms with Gasteiger partial charge in [-0.1, -0.05) is 13.8 Å². The minimum Gasteiger partial charge on any atom is -0.497 e. The molecule has 0 saturated heterocycles. The van der Waals surface area contributed by atoms with Crippen LogP contribution in [0.15, 0.2) is 24.3 Å². The molecule has 0 atom stereocenters. The number of ether oxygens (including phenoxy) is 1. The molecule has 0 radical (unpaired) electrons. The molecule has 1 heterocycles. The van der Waals surface area contributed by atoms with Crippen molar-refractivity contribution in [2.75, 3.05) is 7.11 Å². The Bertz CT molecular complexity index is 520. The molecule has 1 aromatic heterocycles. The molecular weight excluding hydrogens is 250 g/mol. The van der Waals surface area contributed by atoms with E-state index in [4.69, 9.17) is 16.3 Å². The summed E-state index contributed by atoms with van der Waals surface area (Å²) >= 11 is 5.89. The van der Waals surface area contributed by atoms with E-state index in [0.717, 1.165) is 23.7 Å². The monoisotopic (exact) mass is 265 g/mol. The fraction of sp³-hybridized carbons (Fsp3) is 0.385. The van der Waals surface area contributed by atoms with Gasteiger partial charge in [0.05, 0.1) is 12.8 Å². The Morgan fingerprint density at radius 2 is 1.94 bits per heavy atom. The first-order valence-electron chi connectivity index (χ1n) is 5.86. The van der Waals surface area contributed by atoms with Crippen LogP contribution in [0.5, 0.6) is 5.75 Å². The molecule has 0 spiro atoms. The van der Waals surface area contributed by atoms with Crippen LogP contribution in [0.3, 0.4) is 0 Å². The van der Waals surface area contributed by atoms with Gasteiger partial charge in [0.1, 0.15) is 11.6 Å². The summed E-state index contributed by atoms with van der Waals surface area (Å²) in [5, 5.41) is 4.50. The number of halogens is 1. The topological polar surface area (TPSA) is 39.9 Å². The van der Waals surface area contributed by atoms with E-state index < -0.39 is 0 Å². The van der Waals surface area contributed by atoms with Crippen molar-refractivity contribution in [1.29, 1.82) is 0 Å². The molecule has 5 heteroatoms. The van der Waals surface area contributed by atoms with Crippen molar-refractivity contribution in [3.8, 4) is 11.4 Å². The van der Waals surface area contributed by atoms with E-state index in [0.29, 0.717) is 5.92 Å². The number of hydrogen-bond donors (Lipinski definition) is 0. The number of benzene rings is 1. The van der Waals surface area contributed by atoms with Crippen molar-refractivity contribution in [2.45, 2.75) is 20.3 Å². The van der Waals surface area contributed by atoms with Gasteiger partial charge < -0.3 is 4.74 Å². The minimum atomic E-state index is 0.279. The van der Waals surface area contributed by atoms with Crippen molar-refractivity contribution in [2.24, 2.45) is 5.92 Å². The molecule has 0 fully saturated rings. The number of hydrogen-bond acceptors (Lipinski definition) is 3. The first kappa shape index (κ1) is 12.9. The summed E-state index contributed by atoms with van der Waals surface area (Å²) in [6.45, 7) is 4.28. The maximum Gasteiger partial charge on any atom is 0.243 e. The third-order valence-corrected chi connectivity index (χ3v) is 2.72. The molecular formula is C13H16ClN3O. The standard InChI is InChI=1S/C13H16ClN3O/c1-9(2)8-12-15-13(14)16-17(12)10-4-6-11(18-3)7-5-10/h4-7,9H,8H2,1-3H3. The summed E-state index contributed by atoms with van der Waals surface area (Å²) in [6, 6.07) is 7.66. The second-order valence-electron chi connectivity index (χ2n) is 4.50. The van der Waals surface area contributed by atoms with Crippen molar-refractivity contribution in [3.63, 3.8) is 0 Å². The van der Waals surface area contributed by atoms with Crippen LogP contribution in [0.2, 0.25) is 5.28 Å². The van der Waals surface area contributed by atoms with Gasteiger partial charge in [-0.15, -0.1) is 5.10 Å². The molecule has 1 aromatic carbocycles. The van der Waals surface area contributed by atoms with Crippen molar-refractivity contribution >= 4 is 11.6 Å². The van der Waals surface area contributed by atoms with Gasteiger partial charge in [-0.05, 0) is 41.8 Å². The maximum atomic E-state index is 5.89. The summed E-state index contributed by atoms with van der Waals surface area (Å²) in [4.78, 5) is 4.26. The molecule has 0 aliphatic carbocycles. The third-order valence-electron chi connectivity index (χ3n) is 2.56. The molecule has 0 amide bonds. The average molecular weight is 266 g/mol. The zero-order chi connectivity index (χ0) is 13.1. The second-order valence-corrected chi connectivity index (χ2v) is 4.84. The quantitative estimate of drug-likeness (QED) is 0.853. The van der Waals surface area contributed by atoms with Gasteiger partial charge in [-0.25, -0.2) is 9.67 Å². The van der Waals surface area contributed by atoms with Crippen LogP contribution in [0.25, 0.3) is 5.69 Å². The Labute approximate surface area is 112 Å². The Morgan fingerprint density at radius 1 is 1.28 bits per heavy atom. The third kappa shape index (κ3) is 2.82. The predicted molar refractivity (Wildman–Crippen MR) is 71.5 cm³/mol. The number of methoxy groups -OCH3 is 1. The fourth-order valence-electron chi connectivity index (χ4n) is 1.74. The molecule has 2 aromatic rings. The Kier molecular flexibility index (Phi) is 3.87. The van der Waals surface area contributed by atoms with Gasteiger partial charge in [0.15, 0.2) is 0 Å². The minimum absolute atomic E-state index is 0.279. The van der Waals surface area contributed by atoms with E-state index in [1.54, 1.807) is 11.8 Å². The molecule has 0 unspecified atom stereocenters. The molecule has 0 aliphatic rings. The molecule has 0 bridgehead atoms. The summed E-state index contributed by atoms with van der Waals surface area (Å²) in [6.07, 6.45) is 0.839. The first-order valence-corrected chi connectivity index (χ1v) is 6.24. The number of nitrogens with zero attached hydrogens (tertiary/aromatic N) is 3. The van der Waals surface area contributed by atoms with Gasteiger partial charge in [-0.2, -0.15) is 0 Å². The van der Waals surface area contributed by atoms with Crippen LogP contribution in [-0.4, -0.2) is 21.9 Å². The molecule has 96 valence electrons. The van der Waals surface area contributed by atoms with Gasteiger partial charge in [0.2, 0.25) is 5.28 Å². The second kappa shape index (κ2) is 5.40. The Hall–Kier alpha value is -1.55. The predicted octanol–water partition coefficient (Wildman–Crippen LogP) is 3.13. The van der Waals surface area contributed by atoms with Crippen LogP contribution < -0.4 is 4.74 Å². The lowest BCUT2D eigenvalue weighted by molar-refractivity contribution is 0.414. The highest BCUT2D eigenvalue weighted by Crippen LogP contribution is 2.18. The lowest BCUT2D eigenvalue weighted by Crippen LogP contribution is -2.06. The van der Waals surface area contributed by atoms with Crippen molar-refractivity contribution < 1.29 is 4.74 Å². The van der Waals surface area contributed by atoms with E-state index in [2.05, 4.69) is 23.9 Å². The fourth-order valence-corrected chi connectivity index (χ4v) is 1.92. The number of aromatic nitrogens is 3. The first-order chi connectivity index (χ1) is 8.60. The summed E-state index contributed by atoms with van der Waals surface area (Å²) in [5.41, 5.74) is 0.936. The van der Waals surface area contributed by atoms with E-state index in [9.17, 15) is 0 Å². The van der Waals surface area contributed by atoms with Gasteiger partial charge in [-0.3, -0.25) is 0 Å². The summed E-state index contributed by atoms with van der Waals surface area (Å²) in [7, 11) is 1.64. The summed E-state index contributed by atoms with van der Waals surface area (Å²) in [5.74, 6) is 2.19. The molecule has 0 N–H and O–H groups in total. The Morgan fingerprint density at radius 3 is 2.50 bits per heavy atom. The van der Waals surface area contributed by atoms with E-state index in [1.165, 1.54) is 0 Å². The molecule has 0 aliphatic heterocycles. The lowest BCUT2D eigenvalue weighted by Gasteiger charge is -2.08. The maximum absolute atomic E-state index is 5.89. The SMILES string of the molecule is COc1ccc(-n2nc(Cl)nc2CC(C)C)cc1. The molecule has 2 rings (SSSR count). The zero-order valence-corrected chi connectivity index (χ0v) is 11.5. The van der Waals surface area contributed by atoms with E-state index >= 15 is 0 Å². The normalized spacial score (nSPS) is 10.9. The number of rotatable bonds is 4. The molecule has 0 saturated carbocycles. The van der Waals surface area contributed by atoms with Gasteiger partial charge in [0.25, 0.3) is 0 Å². The van der Waals surface area contributed by atoms with Gasteiger partial charge in [0, 0.05) is 6.42 Å². The largest absolute Gasteiger partial charge is 0.497 e. The highest BCUT2D eigenvalue weighted by molar-refractivity contribution is 6.28. The van der Waals surface area contributed by atoms with Crippen LogP contribution in [0.1, 0.15) is 19.7 Å². The zero-order valence-electron chi connectivity index (χ0n) is 10.7. The smallest absolute Gasteiger partial charge is 0.243 e. The van der Waals surface area contributed by atoms with Crippen molar-refractivity contribution in [1.82, 2.24) is 14.8 Å². The van der Waals surface area contributed by atoms with Crippen LogP contribution in [-0.2, 0) is 6.42 Å². The lowest BCUT2D eigenvalue weighted by atomic mass is 10.1. The Balaban J connectivity index is 2.36. The van der Waals surface area contributed by atoms with E-state index in [-0.39, 0.29) is 5.28 Å². The van der Waals surface area contributed by atoms with Crippen LogP contribution in [0, 0.1) is 5.92 Å². The average Bonchev–Trinajstić information content (AvgIpc) is 2.69.